The second-order valence-corrected chi connectivity index (χ2v) is 10.3. The maximum atomic E-state index is 13.2. The average molecular weight is 538 g/mol. The molecule has 202 valence electrons. The van der Waals surface area contributed by atoms with E-state index in [1.54, 1.807) is 19.1 Å². The number of hydrogen-bond donors (Lipinski definition) is 0. The van der Waals surface area contributed by atoms with Crippen molar-refractivity contribution in [3.8, 4) is 22.8 Å². The molecule has 3 heterocycles. The summed E-state index contributed by atoms with van der Waals surface area (Å²) < 4.78 is 10.8. The number of rotatable bonds is 10. The van der Waals surface area contributed by atoms with Crippen LogP contribution < -0.4 is 14.4 Å². The average Bonchev–Trinajstić information content (AvgIpc) is 3.51. The number of piperazine rings is 1. The number of ether oxygens (including phenoxy) is 2. The summed E-state index contributed by atoms with van der Waals surface area (Å²) in [6, 6.07) is 13.1. The molecule has 2 aromatic heterocycles. The van der Waals surface area contributed by atoms with Crippen molar-refractivity contribution in [1.29, 1.82) is 0 Å². The fourth-order valence-corrected chi connectivity index (χ4v) is 5.07. The number of anilines is 1. The number of hydrogen-bond acceptors (Lipinski definition) is 8. The van der Waals surface area contributed by atoms with Crippen LogP contribution in [0.5, 0.6) is 11.5 Å². The van der Waals surface area contributed by atoms with Crippen molar-refractivity contribution >= 4 is 29.0 Å². The normalized spacial score (nSPS) is 14.2. The quantitative estimate of drug-likeness (QED) is 0.385. The van der Waals surface area contributed by atoms with Crippen molar-refractivity contribution in [2.24, 2.45) is 5.92 Å². The molecule has 1 aliphatic heterocycles. The summed E-state index contributed by atoms with van der Waals surface area (Å²) >= 11 is 1.41. The van der Waals surface area contributed by atoms with E-state index < -0.39 is 0 Å². The number of methoxy groups -OCH3 is 2. The first-order valence-electron chi connectivity index (χ1n) is 12.8. The van der Waals surface area contributed by atoms with Gasteiger partial charge in [0, 0.05) is 44.4 Å². The Hall–Kier alpha value is -3.66. The van der Waals surface area contributed by atoms with Crippen LogP contribution in [0.2, 0.25) is 0 Å². The highest BCUT2D eigenvalue weighted by molar-refractivity contribution is 7.12. The SMILES string of the molecule is CCC(C)CN(CC(=O)N1CCN(c2ccc(-c3ccc(OC)cc3OC)nn2)CC1)C(=O)c1cccs1. The van der Waals surface area contributed by atoms with Crippen LogP contribution in [-0.2, 0) is 4.79 Å². The first kappa shape index (κ1) is 27.4. The largest absolute Gasteiger partial charge is 0.497 e. The van der Waals surface area contributed by atoms with Crippen molar-refractivity contribution < 1.29 is 19.1 Å². The minimum Gasteiger partial charge on any atom is -0.497 e. The molecule has 1 fully saturated rings. The molecule has 1 aliphatic rings. The molecule has 1 atom stereocenters. The lowest BCUT2D eigenvalue weighted by Crippen LogP contribution is -2.52. The Bertz CT molecular complexity index is 1210. The maximum absolute atomic E-state index is 13.2. The van der Waals surface area contributed by atoms with E-state index in [1.165, 1.54) is 11.3 Å². The fraction of sp³-hybridized carbons (Fsp3) is 0.429. The highest BCUT2D eigenvalue weighted by atomic mass is 32.1. The van der Waals surface area contributed by atoms with Crippen molar-refractivity contribution in [1.82, 2.24) is 20.0 Å². The van der Waals surface area contributed by atoms with Gasteiger partial charge in [-0.2, -0.15) is 0 Å². The molecule has 0 saturated carbocycles. The standard InChI is InChI=1S/C28H35N5O4S/c1-5-20(2)18-33(28(35)25-7-6-16-38-25)19-27(34)32-14-12-31(13-15-32)26-11-10-23(29-30-26)22-9-8-21(36-3)17-24(22)37-4/h6-11,16-17,20H,5,12-15,18-19H2,1-4H3. The minimum atomic E-state index is -0.0730. The van der Waals surface area contributed by atoms with Gasteiger partial charge in [-0.1, -0.05) is 26.3 Å². The second-order valence-electron chi connectivity index (χ2n) is 9.39. The molecule has 1 aromatic carbocycles. The van der Waals surface area contributed by atoms with Gasteiger partial charge in [0.25, 0.3) is 5.91 Å². The van der Waals surface area contributed by atoms with Crippen LogP contribution in [-0.4, -0.2) is 85.3 Å². The third kappa shape index (κ3) is 6.42. The molecule has 0 aliphatic carbocycles. The van der Waals surface area contributed by atoms with Crippen molar-refractivity contribution in [3.63, 3.8) is 0 Å². The van der Waals surface area contributed by atoms with E-state index in [0.29, 0.717) is 60.7 Å². The zero-order chi connectivity index (χ0) is 27.1. The summed E-state index contributed by atoms with van der Waals surface area (Å²) in [7, 11) is 3.23. The van der Waals surface area contributed by atoms with Gasteiger partial charge >= 0.3 is 0 Å². The van der Waals surface area contributed by atoms with E-state index in [-0.39, 0.29) is 18.4 Å². The van der Waals surface area contributed by atoms with Crippen LogP contribution in [0.25, 0.3) is 11.3 Å². The number of nitrogens with zero attached hydrogens (tertiary/aromatic N) is 5. The number of aromatic nitrogens is 2. The van der Waals surface area contributed by atoms with Gasteiger partial charge in [0.1, 0.15) is 18.0 Å². The van der Waals surface area contributed by atoms with E-state index in [4.69, 9.17) is 9.47 Å². The Labute approximate surface area is 228 Å². The molecule has 0 bridgehead atoms. The zero-order valence-electron chi connectivity index (χ0n) is 22.4. The highest BCUT2D eigenvalue weighted by Crippen LogP contribution is 2.32. The monoisotopic (exact) mass is 537 g/mol. The Kier molecular flexibility index (Phi) is 9.17. The summed E-state index contributed by atoms with van der Waals surface area (Å²) in [4.78, 5) is 32.5. The smallest absolute Gasteiger partial charge is 0.264 e. The van der Waals surface area contributed by atoms with Gasteiger partial charge in [-0.05, 0) is 41.6 Å². The van der Waals surface area contributed by atoms with E-state index in [2.05, 4.69) is 28.9 Å². The lowest BCUT2D eigenvalue weighted by molar-refractivity contribution is -0.132. The summed E-state index contributed by atoms with van der Waals surface area (Å²) in [5.74, 6) is 2.37. The molecule has 38 heavy (non-hydrogen) atoms. The third-order valence-electron chi connectivity index (χ3n) is 6.87. The first-order chi connectivity index (χ1) is 18.4. The van der Waals surface area contributed by atoms with E-state index in [1.807, 2.05) is 52.7 Å². The second kappa shape index (κ2) is 12.7. The van der Waals surface area contributed by atoms with E-state index in [9.17, 15) is 9.59 Å². The highest BCUT2D eigenvalue weighted by Gasteiger charge is 2.27. The molecule has 0 N–H and O–H groups in total. The number of carbonyl (C=O) groups is 2. The van der Waals surface area contributed by atoms with Gasteiger partial charge in [0.05, 0.1) is 24.8 Å². The summed E-state index contributed by atoms with van der Waals surface area (Å²) in [6.07, 6.45) is 0.951. The predicted molar refractivity (Wildman–Crippen MR) is 149 cm³/mol. The number of thiophene rings is 1. The number of amides is 2. The Morgan fingerprint density at radius 1 is 1.05 bits per heavy atom. The van der Waals surface area contributed by atoms with Crippen molar-refractivity contribution in [3.05, 3.63) is 52.7 Å². The molecule has 2 amide bonds. The lowest BCUT2D eigenvalue weighted by Gasteiger charge is -2.36. The van der Waals surface area contributed by atoms with Crippen LogP contribution in [0.3, 0.4) is 0 Å². The predicted octanol–water partition coefficient (Wildman–Crippen LogP) is 4.06. The van der Waals surface area contributed by atoms with E-state index >= 15 is 0 Å². The molecule has 1 unspecified atom stereocenters. The van der Waals surface area contributed by atoms with Gasteiger partial charge in [-0.3, -0.25) is 9.59 Å². The fourth-order valence-electron chi connectivity index (χ4n) is 4.38. The molecule has 4 rings (SSSR count). The Morgan fingerprint density at radius 3 is 2.45 bits per heavy atom. The lowest BCUT2D eigenvalue weighted by atomic mass is 10.1. The Balaban J connectivity index is 1.36. The van der Waals surface area contributed by atoms with Crippen LogP contribution in [0.1, 0.15) is 29.9 Å². The Morgan fingerprint density at radius 2 is 1.84 bits per heavy atom. The minimum absolute atomic E-state index is 0.0223. The molecular weight excluding hydrogens is 502 g/mol. The van der Waals surface area contributed by atoms with Crippen LogP contribution in [0.15, 0.2) is 47.8 Å². The molecule has 0 radical (unpaired) electrons. The van der Waals surface area contributed by atoms with Gasteiger partial charge < -0.3 is 24.2 Å². The van der Waals surface area contributed by atoms with Gasteiger partial charge in [0.15, 0.2) is 5.82 Å². The number of benzene rings is 1. The van der Waals surface area contributed by atoms with Crippen LogP contribution in [0, 0.1) is 5.92 Å². The first-order valence-corrected chi connectivity index (χ1v) is 13.7. The topological polar surface area (TPSA) is 88.1 Å². The number of carbonyl (C=O) groups excluding carboxylic acids is 2. The molecule has 9 nitrogen and oxygen atoms in total. The molecule has 0 spiro atoms. The van der Waals surface area contributed by atoms with Gasteiger partial charge in [-0.15, -0.1) is 21.5 Å². The maximum Gasteiger partial charge on any atom is 0.264 e. The van der Waals surface area contributed by atoms with E-state index in [0.717, 1.165) is 17.8 Å². The van der Waals surface area contributed by atoms with Crippen LogP contribution >= 0.6 is 11.3 Å². The summed E-state index contributed by atoms with van der Waals surface area (Å²) in [5.41, 5.74) is 1.54. The van der Waals surface area contributed by atoms with Crippen molar-refractivity contribution in [2.75, 3.05) is 58.4 Å². The van der Waals surface area contributed by atoms with Gasteiger partial charge in [-0.25, -0.2) is 0 Å². The van der Waals surface area contributed by atoms with Crippen molar-refractivity contribution in [2.45, 2.75) is 20.3 Å². The molecule has 3 aromatic rings. The third-order valence-corrected chi connectivity index (χ3v) is 7.72. The molecule has 10 heteroatoms. The van der Waals surface area contributed by atoms with Gasteiger partial charge in [0.2, 0.25) is 5.91 Å². The summed E-state index contributed by atoms with van der Waals surface area (Å²) in [5, 5.41) is 10.8. The van der Waals surface area contributed by atoms with Crippen LogP contribution in [0.4, 0.5) is 5.82 Å². The molecule has 1 saturated heterocycles. The molecular formula is C28H35N5O4S. The summed E-state index contributed by atoms with van der Waals surface area (Å²) in [6.45, 7) is 7.31. The zero-order valence-corrected chi connectivity index (χ0v) is 23.2.